The lowest BCUT2D eigenvalue weighted by Crippen LogP contribution is -2.30. The first-order valence-corrected chi connectivity index (χ1v) is 9.23. The molecule has 118 valence electrons. The zero-order chi connectivity index (χ0) is 15.5. The van der Waals surface area contributed by atoms with Gasteiger partial charge in [-0.2, -0.15) is 4.31 Å². The van der Waals surface area contributed by atoms with E-state index in [0.29, 0.717) is 23.9 Å². The lowest BCUT2D eigenvalue weighted by Gasteiger charge is -2.18. The summed E-state index contributed by atoms with van der Waals surface area (Å²) >= 11 is 0. The Hall–Kier alpha value is -0.910. The molecule has 5 heteroatoms. The molecule has 0 radical (unpaired) electrons. The summed E-state index contributed by atoms with van der Waals surface area (Å²) in [5.41, 5.74) is 2.38. The van der Waals surface area contributed by atoms with E-state index >= 15 is 0 Å². The average Bonchev–Trinajstić information content (AvgIpc) is 2.96. The van der Waals surface area contributed by atoms with Gasteiger partial charge in [-0.25, -0.2) is 8.42 Å². The molecular formula is C16H26N2O2S. The number of nitrogens with zero attached hydrogens (tertiary/aromatic N) is 1. The summed E-state index contributed by atoms with van der Waals surface area (Å²) in [5, 5.41) is 3.13. The first kappa shape index (κ1) is 16.5. The molecular weight excluding hydrogens is 284 g/mol. The predicted octanol–water partition coefficient (Wildman–Crippen LogP) is 2.04. The smallest absolute Gasteiger partial charge is 0.243 e. The van der Waals surface area contributed by atoms with Crippen LogP contribution in [0.25, 0.3) is 0 Å². The van der Waals surface area contributed by atoms with Gasteiger partial charge in [0, 0.05) is 13.1 Å². The molecule has 1 fully saturated rings. The second kappa shape index (κ2) is 6.90. The molecule has 1 aliphatic heterocycles. The normalized spacial score (nSPS) is 20.0. The van der Waals surface area contributed by atoms with E-state index < -0.39 is 10.0 Å². The molecule has 1 aromatic carbocycles. The summed E-state index contributed by atoms with van der Waals surface area (Å²) in [6.45, 7) is 6.31. The van der Waals surface area contributed by atoms with E-state index in [1.54, 1.807) is 10.4 Å². The number of nitrogens with one attached hydrogen (secondary N) is 1. The van der Waals surface area contributed by atoms with Crippen molar-refractivity contribution in [1.82, 2.24) is 9.62 Å². The number of benzene rings is 1. The molecule has 1 aliphatic rings. The minimum absolute atomic E-state index is 0.422. The molecule has 0 spiro atoms. The Morgan fingerprint density at radius 1 is 1.24 bits per heavy atom. The Kier molecular flexibility index (Phi) is 5.41. The second-order valence-corrected chi connectivity index (χ2v) is 7.65. The van der Waals surface area contributed by atoms with Gasteiger partial charge in [0.15, 0.2) is 0 Å². The number of hydrogen-bond donors (Lipinski definition) is 1. The number of sulfonamides is 1. The Labute approximate surface area is 128 Å². The van der Waals surface area contributed by atoms with E-state index in [4.69, 9.17) is 0 Å². The van der Waals surface area contributed by atoms with Crippen molar-refractivity contribution in [2.75, 3.05) is 26.7 Å². The number of rotatable bonds is 6. The van der Waals surface area contributed by atoms with E-state index in [-0.39, 0.29) is 0 Å². The van der Waals surface area contributed by atoms with Gasteiger partial charge in [0.2, 0.25) is 10.0 Å². The lowest BCUT2D eigenvalue weighted by molar-refractivity contribution is 0.451. The van der Waals surface area contributed by atoms with Gasteiger partial charge < -0.3 is 5.32 Å². The van der Waals surface area contributed by atoms with Gasteiger partial charge in [-0.1, -0.05) is 19.9 Å². The van der Waals surface area contributed by atoms with E-state index in [0.717, 1.165) is 31.4 Å². The van der Waals surface area contributed by atoms with Crippen molar-refractivity contribution in [3.63, 3.8) is 0 Å². The molecule has 0 amide bonds. The van der Waals surface area contributed by atoms with E-state index in [2.05, 4.69) is 19.2 Å². The SMILES string of the molecule is CCc1ccc(S(=O)(=O)N2CCC(CNC)C2)cc1CC. The Bertz CT molecular complexity index is 584. The zero-order valence-corrected chi connectivity index (χ0v) is 14.0. The highest BCUT2D eigenvalue weighted by Crippen LogP contribution is 2.26. The fourth-order valence-electron chi connectivity index (χ4n) is 3.06. The van der Waals surface area contributed by atoms with Crippen LogP contribution in [0.3, 0.4) is 0 Å². The first-order valence-electron chi connectivity index (χ1n) is 7.79. The highest BCUT2D eigenvalue weighted by molar-refractivity contribution is 7.89. The maximum absolute atomic E-state index is 12.8. The van der Waals surface area contributed by atoms with Crippen LogP contribution in [0.1, 0.15) is 31.4 Å². The molecule has 1 aromatic rings. The van der Waals surface area contributed by atoms with Crippen LogP contribution in [0.15, 0.2) is 23.1 Å². The predicted molar refractivity (Wildman–Crippen MR) is 86.0 cm³/mol. The van der Waals surface area contributed by atoms with Crippen LogP contribution in [0.4, 0.5) is 0 Å². The molecule has 2 rings (SSSR count). The standard InChI is InChI=1S/C16H26N2O2S/c1-4-14-6-7-16(10-15(14)5-2)21(19,20)18-9-8-13(12-18)11-17-3/h6-7,10,13,17H,4-5,8-9,11-12H2,1-3H3. The molecule has 0 bridgehead atoms. The molecule has 0 aromatic heterocycles. The minimum atomic E-state index is -3.34. The fraction of sp³-hybridized carbons (Fsp3) is 0.625. The van der Waals surface area contributed by atoms with Gasteiger partial charge >= 0.3 is 0 Å². The third-order valence-electron chi connectivity index (χ3n) is 4.32. The van der Waals surface area contributed by atoms with Crippen LogP contribution < -0.4 is 5.32 Å². The third-order valence-corrected chi connectivity index (χ3v) is 6.18. The number of aryl methyl sites for hydroxylation is 2. The van der Waals surface area contributed by atoms with Crippen molar-refractivity contribution in [1.29, 1.82) is 0 Å². The van der Waals surface area contributed by atoms with Crippen molar-refractivity contribution >= 4 is 10.0 Å². The van der Waals surface area contributed by atoms with Crippen molar-refractivity contribution in [3.8, 4) is 0 Å². The van der Waals surface area contributed by atoms with Gasteiger partial charge in [0.1, 0.15) is 0 Å². The molecule has 0 saturated carbocycles. The lowest BCUT2D eigenvalue weighted by atomic mass is 10.0. The van der Waals surface area contributed by atoms with Gasteiger partial charge in [-0.3, -0.25) is 0 Å². The minimum Gasteiger partial charge on any atom is -0.319 e. The van der Waals surface area contributed by atoms with E-state index in [9.17, 15) is 8.42 Å². The molecule has 21 heavy (non-hydrogen) atoms. The maximum Gasteiger partial charge on any atom is 0.243 e. The quantitative estimate of drug-likeness (QED) is 0.875. The van der Waals surface area contributed by atoms with E-state index in [1.165, 1.54) is 5.56 Å². The Morgan fingerprint density at radius 2 is 1.95 bits per heavy atom. The van der Waals surface area contributed by atoms with Crippen molar-refractivity contribution in [2.45, 2.75) is 38.0 Å². The maximum atomic E-state index is 12.8. The second-order valence-electron chi connectivity index (χ2n) is 5.71. The van der Waals surface area contributed by atoms with Crippen LogP contribution in [-0.4, -0.2) is 39.4 Å². The highest BCUT2D eigenvalue weighted by Gasteiger charge is 2.32. The van der Waals surface area contributed by atoms with Crippen LogP contribution in [0.5, 0.6) is 0 Å². The van der Waals surface area contributed by atoms with Gasteiger partial charge in [0.05, 0.1) is 4.90 Å². The average molecular weight is 310 g/mol. The van der Waals surface area contributed by atoms with Gasteiger partial charge in [-0.05, 0) is 62.0 Å². The van der Waals surface area contributed by atoms with Crippen LogP contribution in [0, 0.1) is 5.92 Å². The Morgan fingerprint density at radius 3 is 2.57 bits per heavy atom. The molecule has 1 atom stereocenters. The van der Waals surface area contributed by atoms with Gasteiger partial charge in [0.25, 0.3) is 0 Å². The molecule has 1 heterocycles. The topological polar surface area (TPSA) is 49.4 Å². The molecule has 4 nitrogen and oxygen atoms in total. The monoisotopic (exact) mass is 310 g/mol. The molecule has 1 unspecified atom stereocenters. The summed E-state index contributed by atoms with van der Waals surface area (Å²) in [5.74, 6) is 0.422. The van der Waals surface area contributed by atoms with Crippen LogP contribution >= 0.6 is 0 Å². The van der Waals surface area contributed by atoms with Gasteiger partial charge in [-0.15, -0.1) is 0 Å². The zero-order valence-electron chi connectivity index (χ0n) is 13.2. The van der Waals surface area contributed by atoms with Crippen molar-refractivity contribution in [2.24, 2.45) is 5.92 Å². The van der Waals surface area contributed by atoms with Crippen LogP contribution in [-0.2, 0) is 22.9 Å². The summed E-state index contributed by atoms with van der Waals surface area (Å²) in [6.07, 6.45) is 2.75. The number of hydrogen-bond acceptors (Lipinski definition) is 3. The summed E-state index contributed by atoms with van der Waals surface area (Å²) in [7, 11) is -1.43. The summed E-state index contributed by atoms with van der Waals surface area (Å²) in [6, 6.07) is 5.59. The third kappa shape index (κ3) is 3.47. The fourth-order valence-corrected chi connectivity index (χ4v) is 4.64. The molecule has 0 aliphatic carbocycles. The highest BCUT2D eigenvalue weighted by atomic mass is 32.2. The Balaban J connectivity index is 2.24. The van der Waals surface area contributed by atoms with Crippen molar-refractivity contribution in [3.05, 3.63) is 29.3 Å². The molecule has 1 N–H and O–H groups in total. The first-order chi connectivity index (χ1) is 10.0. The van der Waals surface area contributed by atoms with Crippen molar-refractivity contribution < 1.29 is 8.42 Å². The van der Waals surface area contributed by atoms with Crippen LogP contribution in [0.2, 0.25) is 0 Å². The molecule has 1 saturated heterocycles. The largest absolute Gasteiger partial charge is 0.319 e. The summed E-state index contributed by atoms with van der Waals surface area (Å²) < 4.78 is 27.1. The van der Waals surface area contributed by atoms with E-state index in [1.807, 2.05) is 19.2 Å². The summed E-state index contributed by atoms with van der Waals surface area (Å²) in [4.78, 5) is 0.446.